The summed E-state index contributed by atoms with van der Waals surface area (Å²) in [6, 6.07) is 25.2. The SMILES string of the molecule is CC(C)(C)[C@@H]1CCc2c(sc(N=Cc3ccc(OCc4ccc5ccccc5c4)cc3)c2C#N)C1. The van der Waals surface area contributed by atoms with Gasteiger partial charge in [-0.3, -0.25) is 0 Å². The van der Waals surface area contributed by atoms with Crippen LogP contribution in [0.5, 0.6) is 5.75 Å². The molecule has 0 N–H and O–H groups in total. The van der Waals surface area contributed by atoms with Crippen LogP contribution in [0.2, 0.25) is 0 Å². The Morgan fingerprint density at radius 3 is 2.57 bits per heavy atom. The van der Waals surface area contributed by atoms with Gasteiger partial charge in [0.1, 0.15) is 23.4 Å². The maximum absolute atomic E-state index is 9.80. The van der Waals surface area contributed by atoms with Crippen molar-refractivity contribution in [2.75, 3.05) is 0 Å². The Labute approximate surface area is 211 Å². The van der Waals surface area contributed by atoms with Gasteiger partial charge < -0.3 is 4.74 Å². The van der Waals surface area contributed by atoms with E-state index < -0.39 is 0 Å². The van der Waals surface area contributed by atoms with E-state index >= 15 is 0 Å². The number of ether oxygens (including phenoxy) is 1. The molecule has 1 aliphatic rings. The summed E-state index contributed by atoms with van der Waals surface area (Å²) in [4.78, 5) is 6.07. The van der Waals surface area contributed by atoms with Crippen molar-refractivity contribution in [1.29, 1.82) is 5.26 Å². The smallest absolute Gasteiger partial charge is 0.134 e. The molecule has 3 nitrogen and oxygen atoms in total. The van der Waals surface area contributed by atoms with E-state index in [0.717, 1.165) is 46.7 Å². The molecule has 0 amide bonds. The number of nitrogens with zero attached hydrogens (tertiary/aromatic N) is 2. The van der Waals surface area contributed by atoms with E-state index in [1.165, 1.54) is 21.2 Å². The molecule has 1 heterocycles. The first-order valence-electron chi connectivity index (χ1n) is 12.2. The Hall–Kier alpha value is -3.42. The fourth-order valence-corrected chi connectivity index (χ4v) is 6.02. The molecule has 0 radical (unpaired) electrons. The highest BCUT2D eigenvalue weighted by Crippen LogP contribution is 2.44. The van der Waals surface area contributed by atoms with E-state index in [9.17, 15) is 5.26 Å². The van der Waals surface area contributed by atoms with Crippen LogP contribution in [0.15, 0.2) is 71.7 Å². The predicted molar refractivity (Wildman–Crippen MR) is 146 cm³/mol. The number of aliphatic imine (C=N–C) groups is 1. The second-order valence-electron chi connectivity index (χ2n) is 10.4. The lowest BCUT2D eigenvalue weighted by molar-refractivity contribution is 0.218. The highest BCUT2D eigenvalue weighted by atomic mass is 32.1. The zero-order valence-electron chi connectivity index (χ0n) is 20.5. The van der Waals surface area contributed by atoms with E-state index in [0.29, 0.717) is 12.5 Å². The normalized spacial score (nSPS) is 15.8. The molecular weight excluding hydrogens is 448 g/mol. The van der Waals surface area contributed by atoms with Gasteiger partial charge in [-0.15, -0.1) is 11.3 Å². The first kappa shape index (κ1) is 23.3. The van der Waals surface area contributed by atoms with Gasteiger partial charge in [0.05, 0.1) is 5.56 Å². The molecule has 0 spiro atoms. The molecular formula is C31H30N2OS. The van der Waals surface area contributed by atoms with Gasteiger partial charge in [0, 0.05) is 11.1 Å². The molecule has 4 heteroatoms. The van der Waals surface area contributed by atoms with Crippen LogP contribution in [0.4, 0.5) is 5.00 Å². The minimum absolute atomic E-state index is 0.288. The van der Waals surface area contributed by atoms with Crippen LogP contribution in [0, 0.1) is 22.7 Å². The Bertz CT molecular complexity index is 1420. The summed E-state index contributed by atoms with van der Waals surface area (Å²) in [5, 5.41) is 13.1. The lowest BCUT2D eigenvalue weighted by Crippen LogP contribution is -2.26. The summed E-state index contributed by atoms with van der Waals surface area (Å²) in [7, 11) is 0. The minimum atomic E-state index is 0.288. The molecule has 5 rings (SSSR count). The van der Waals surface area contributed by atoms with Crippen molar-refractivity contribution in [3.63, 3.8) is 0 Å². The minimum Gasteiger partial charge on any atom is -0.489 e. The molecule has 0 saturated carbocycles. The molecule has 1 aliphatic carbocycles. The largest absolute Gasteiger partial charge is 0.489 e. The summed E-state index contributed by atoms with van der Waals surface area (Å²) in [5.74, 6) is 1.48. The second-order valence-corrected chi connectivity index (χ2v) is 11.5. The molecule has 0 unspecified atom stereocenters. The van der Waals surface area contributed by atoms with E-state index in [2.05, 4.69) is 69.3 Å². The number of benzene rings is 3. The Balaban J connectivity index is 1.25. The van der Waals surface area contributed by atoms with Gasteiger partial charge in [0.2, 0.25) is 0 Å². The molecule has 0 fully saturated rings. The average Bonchev–Trinajstić information content (AvgIpc) is 3.23. The van der Waals surface area contributed by atoms with E-state index in [1.54, 1.807) is 11.3 Å². The fourth-order valence-electron chi connectivity index (χ4n) is 4.80. The third kappa shape index (κ3) is 5.16. The van der Waals surface area contributed by atoms with Gasteiger partial charge in [-0.25, -0.2) is 4.99 Å². The molecule has 4 aromatic rings. The van der Waals surface area contributed by atoms with Crippen molar-refractivity contribution in [2.45, 2.75) is 46.6 Å². The Kier molecular flexibility index (Phi) is 6.45. The summed E-state index contributed by atoms with van der Waals surface area (Å²) in [6.45, 7) is 7.47. The zero-order valence-corrected chi connectivity index (χ0v) is 21.4. The van der Waals surface area contributed by atoms with Crippen LogP contribution in [0.25, 0.3) is 10.8 Å². The highest BCUT2D eigenvalue weighted by molar-refractivity contribution is 7.16. The number of thiophene rings is 1. The van der Waals surface area contributed by atoms with Crippen molar-refractivity contribution in [3.05, 3.63) is 93.9 Å². The summed E-state index contributed by atoms with van der Waals surface area (Å²) in [6.07, 6.45) is 5.03. The first-order valence-corrected chi connectivity index (χ1v) is 13.0. The van der Waals surface area contributed by atoms with Crippen LogP contribution in [-0.2, 0) is 19.4 Å². The maximum atomic E-state index is 9.80. The van der Waals surface area contributed by atoms with Crippen molar-refractivity contribution in [3.8, 4) is 11.8 Å². The molecule has 0 bridgehead atoms. The number of rotatable bonds is 5. The van der Waals surface area contributed by atoms with Crippen molar-refractivity contribution >= 4 is 33.3 Å². The second kappa shape index (κ2) is 9.68. The van der Waals surface area contributed by atoms with Crippen LogP contribution in [-0.4, -0.2) is 6.21 Å². The summed E-state index contributed by atoms with van der Waals surface area (Å²) >= 11 is 1.69. The van der Waals surface area contributed by atoms with Crippen LogP contribution in [0.3, 0.4) is 0 Å². The summed E-state index contributed by atoms with van der Waals surface area (Å²) < 4.78 is 6.00. The quantitative estimate of drug-likeness (QED) is 0.271. The number of hydrogen-bond acceptors (Lipinski definition) is 4. The molecule has 176 valence electrons. The zero-order chi connectivity index (χ0) is 24.4. The standard InChI is InChI=1S/C31H30N2OS/c1-31(2,3)25-12-15-27-28(18-32)30(35-29(27)17-25)33-19-21-9-13-26(14-10-21)34-20-22-8-11-23-6-4-5-7-24(23)16-22/h4-11,13-14,16,19,25H,12,15,17,20H2,1-3H3/t25-/m1/s1. The van der Waals surface area contributed by atoms with Crippen molar-refractivity contribution in [1.82, 2.24) is 0 Å². The third-order valence-corrected chi connectivity index (χ3v) is 8.18. The first-order chi connectivity index (χ1) is 16.9. The number of fused-ring (bicyclic) bond motifs is 2. The van der Waals surface area contributed by atoms with Gasteiger partial charge in [-0.1, -0.05) is 57.2 Å². The van der Waals surface area contributed by atoms with Crippen molar-refractivity contribution in [2.24, 2.45) is 16.3 Å². The molecule has 0 saturated heterocycles. The number of nitriles is 1. The summed E-state index contributed by atoms with van der Waals surface area (Å²) in [5.41, 5.74) is 4.42. The van der Waals surface area contributed by atoms with Crippen LogP contribution >= 0.6 is 11.3 Å². The maximum Gasteiger partial charge on any atom is 0.134 e. The molecule has 35 heavy (non-hydrogen) atoms. The fraction of sp³-hybridized carbons (Fsp3) is 0.290. The predicted octanol–water partition coefficient (Wildman–Crippen LogP) is 8.25. The highest BCUT2D eigenvalue weighted by Gasteiger charge is 2.32. The lowest BCUT2D eigenvalue weighted by atomic mass is 9.72. The van der Waals surface area contributed by atoms with Crippen LogP contribution in [0.1, 0.15) is 54.3 Å². The van der Waals surface area contributed by atoms with Gasteiger partial charge in [0.25, 0.3) is 0 Å². The molecule has 1 atom stereocenters. The van der Waals surface area contributed by atoms with Gasteiger partial charge in [0.15, 0.2) is 0 Å². The Morgan fingerprint density at radius 1 is 1.06 bits per heavy atom. The number of hydrogen-bond donors (Lipinski definition) is 0. The van der Waals surface area contributed by atoms with Gasteiger partial charge in [-0.05, 0) is 88.4 Å². The lowest BCUT2D eigenvalue weighted by Gasteiger charge is -2.33. The van der Waals surface area contributed by atoms with Gasteiger partial charge >= 0.3 is 0 Å². The third-order valence-electron chi connectivity index (χ3n) is 7.01. The average molecular weight is 479 g/mol. The van der Waals surface area contributed by atoms with Crippen LogP contribution < -0.4 is 4.74 Å². The molecule has 1 aromatic heterocycles. The monoisotopic (exact) mass is 478 g/mol. The van der Waals surface area contributed by atoms with E-state index in [-0.39, 0.29) is 5.41 Å². The molecule has 3 aromatic carbocycles. The van der Waals surface area contributed by atoms with E-state index in [1.807, 2.05) is 30.5 Å². The van der Waals surface area contributed by atoms with Crippen molar-refractivity contribution < 1.29 is 4.74 Å². The Morgan fingerprint density at radius 2 is 1.83 bits per heavy atom. The van der Waals surface area contributed by atoms with E-state index in [4.69, 9.17) is 9.73 Å². The topological polar surface area (TPSA) is 45.4 Å². The van der Waals surface area contributed by atoms with Gasteiger partial charge in [-0.2, -0.15) is 5.26 Å². The molecule has 0 aliphatic heterocycles.